The van der Waals surface area contributed by atoms with Crippen LogP contribution in [0.15, 0.2) is 18.6 Å². The van der Waals surface area contributed by atoms with Crippen molar-refractivity contribution in [2.75, 3.05) is 0 Å². The molecule has 0 amide bonds. The molecule has 0 aliphatic rings. The number of aromatic nitrogens is 2. The second-order valence-corrected chi connectivity index (χ2v) is 1.92. The summed E-state index contributed by atoms with van der Waals surface area (Å²) in [5, 5.41) is 0. The van der Waals surface area contributed by atoms with Crippen molar-refractivity contribution in [2.45, 2.75) is 13.0 Å². The molecule has 0 aliphatic carbocycles. The Morgan fingerprint density at radius 2 is 2.44 bits per heavy atom. The third-order valence-corrected chi connectivity index (χ3v) is 1.07. The van der Waals surface area contributed by atoms with Crippen molar-refractivity contribution < 1.29 is 0 Å². The third kappa shape index (κ3) is 1.47. The fraction of sp³-hybridized carbons (Fsp3) is 0.333. The molecule has 9 heavy (non-hydrogen) atoms. The van der Waals surface area contributed by atoms with Gasteiger partial charge in [-0.05, 0) is 13.0 Å². The molecule has 0 aliphatic heterocycles. The Morgan fingerprint density at radius 1 is 1.67 bits per heavy atom. The van der Waals surface area contributed by atoms with Gasteiger partial charge >= 0.3 is 0 Å². The molecular formula is C6H9N3. The molecule has 0 aromatic carbocycles. The molecule has 1 atom stereocenters. The summed E-state index contributed by atoms with van der Waals surface area (Å²) >= 11 is 0. The average Bonchev–Trinajstić information content (AvgIpc) is 1.90. The van der Waals surface area contributed by atoms with Crippen molar-refractivity contribution in [2.24, 2.45) is 5.73 Å². The van der Waals surface area contributed by atoms with E-state index < -0.39 is 0 Å². The summed E-state index contributed by atoms with van der Waals surface area (Å²) in [7, 11) is 0. The van der Waals surface area contributed by atoms with Crippen LogP contribution in [0, 0.1) is 0 Å². The standard InChI is InChI=1S/C6H9N3/c1-5(7)6-2-3-8-4-9-6/h2-5H,7H2,1H3. The number of rotatable bonds is 1. The largest absolute Gasteiger partial charge is 0.323 e. The fourth-order valence-corrected chi connectivity index (χ4v) is 0.570. The fourth-order valence-electron chi connectivity index (χ4n) is 0.570. The van der Waals surface area contributed by atoms with Gasteiger partial charge in [-0.2, -0.15) is 0 Å². The molecule has 1 unspecified atom stereocenters. The molecule has 0 spiro atoms. The van der Waals surface area contributed by atoms with Gasteiger partial charge in [0.2, 0.25) is 0 Å². The first-order chi connectivity index (χ1) is 4.30. The number of hydrogen-bond donors (Lipinski definition) is 1. The van der Waals surface area contributed by atoms with Crippen molar-refractivity contribution in [1.82, 2.24) is 9.97 Å². The molecule has 1 aromatic rings. The van der Waals surface area contributed by atoms with E-state index in [0.29, 0.717) is 0 Å². The quantitative estimate of drug-likeness (QED) is 0.591. The van der Waals surface area contributed by atoms with E-state index in [4.69, 9.17) is 5.73 Å². The van der Waals surface area contributed by atoms with Crippen molar-refractivity contribution >= 4 is 0 Å². The van der Waals surface area contributed by atoms with Gasteiger partial charge in [-0.25, -0.2) is 9.97 Å². The lowest BCUT2D eigenvalue weighted by molar-refractivity contribution is 0.774. The molecule has 1 rings (SSSR count). The van der Waals surface area contributed by atoms with E-state index in [0.717, 1.165) is 5.69 Å². The zero-order valence-electron chi connectivity index (χ0n) is 5.28. The SMILES string of the molecule is CC(N)c1ccncn1. The Morgan fingerprint density at radius 3 is 2.78 bits per heavy atom. The highest BCUT2D eigenvalue weighted by Gasteiger charge is 1.96. The van der Waals surface area contributed by atoms with E-state index >= 15 is 0 Å². The van der Waals surface area contributed by atoms with E-state index in [1.54, 1.807) is 6.20 Å². The first-order valence-corrected chi connectivity index (χ1v) is 2.82. The van der Waals surface area contributed by atoms with E-state index in [2.05, 4.69) is 9.97 Å². The Kier molecular flexibility index (Phi) is 1.75. The van der Waals surface area contributed by atoms with Gasteiger partial charge in [-0.3, -0.25) is 0 Å². The summed E-state index contributed by atoms with van der Waals surface area (Å²) < 4.78 is 0. The van der Waals surface area contributed by atoms with Gasteiger partial charge in [0, 0.05) is 12.2 Å². The maximum Gasteiger partial charge on any atom is 0.115 e. The van der Waals surface area contributed by atoms with Crippen molar-refractivity contribution in [3.05, 3.63) is 24.3 Å². The maximum atomic E-state index is 5.52. The Bertz CT molecular complexity index is 171. The third-order valence-electron chi connectivity index (χ3n) is 1.07. The highest BCUT2D eigenvalue weighted by molar-refractivity contribution is 5.01. The Hall–Kier alpha value is -0.960. The Labute approximate surface area is 53.9 Å². The Balaban J connectivity index is 2.85. The van der Waals surface area contributed by atoms with Crippen molar-refractivity contribution in [3.8, 4) is 0 Å². The van der Waals surface area contributed by atoms with E-state index in [1.165, 1.54) is 6.33 Å². The molecule has 1 aromatic heterocycles. The van der Waals surface area contributed by atoms with Gasteiger partial charge in [0.1, 0.15) is 6.33 Å². The van der Waals surface area contributed by atoms with Gasteiger partial charge in [0.15, 0.2) is 0 Å². The molecule has 0 bridgehead atoms. The predicted molar refractivity (Wildman–Crippen MR) is 34.6 cm³/mol. The number of nitrogens with two attached hydrogens (primary N) is 1. The molecule has 3 nitrogen and oxygen atoms in total. The maximum absolute atomic E-state index is 5.52. The van der Waals surface area contributed by atoms with Gasteiger partial charge in [0.25, 0.3) is 0 Å². The van der Waals surface area contributed by atoms with Crippen LogP contribution < -0.4 is 5.73 Å². The van der Waals surface area contributed by atoms with E-state index in [1.807, 2.05) is 13.0 Å². The van der Waals surface area contributed by atoms with Crippen LogP contribution in [0.4, 0.5) is 0 Å². The smallest absolute Gasteiger partial charge is 0.115 e. The number of nitrogens with zero attached hydrogens (tertiary/aromatic N) is 2. The van der Waals surface area contributed by atoms with Crippen LogP contribution in [0.1, 0.15) is 18.7 Å². The van der Waals surface area contributed by atoms with E-state index in [-0.39, 0.29) is 6.04 Å². The first-order valence-electron chi connectivity index (χ1n) is 2.82. The molecule has 0 saturated carbocycles. The summed E-state index contributed by atoms with van der Waals surface area (Å²) in [4.78, 5) is 7.70. The lowest BCUT2D eigenvalue weighted by Crippen LogP contribution is -2.06. The normalized spacial score (nSPS) is 13.1. The van der Waals surface area contributed by atoms with Gasteiger partial charge < -0.3 is 5.73 Å². The highest BCUT2D eigenvalue weighted by atomic mass is 14.8. The van der Waals surface area contributed by atoms with Crippen LogP contribution >= 0.6 is 0 Å². The minimum absolute atomic E-state index is 0.00741. The molecule has 3 heteroatoms. The van der Waals surface area contributed by atoms with Crippen LogP contribution in [0.25, 0.3) is 0 Å². The molecule has 2 N–H and O–H groups in total. The zero-order valence-corrected chi connectivity index (χ0v) is 5.28. The second kappa shape index (κ2) is 2.55. The predicted octanol–water partition coefficient (Wildman–Crippen LogP) is 0.496. The van der Waals surface area contributed by atoms with Crippen LogP contribution in [0.2, 0.25) is 0 Å². The van der Waals surface area contributed by atoms with Gasteiger partial charge in [0.05, 0.1) is 5.69 Å². The summed E-state index contributed by atoms with van der Waals surface area (Å²) in [6.07, 6.45) is 3.18. The number of hydrogen-bond acceptors (Lipinski definition) is 3. The van der Waals surface area contributed by atoms with Crippen molar-refractivity contribution in [1.29, 1.82) is 0 Å². The first kappa shape index (κ1) is 6.16. The van der Waals surface area contributed by atoms with Crippen LogP contribution in [0.5, 0.6) is 0 Å². The zero-order chi connectivity index (χ0) is 6.69. The highest BCUT2D eigenvalue weighted by Crippen LogP contribution is 2.00. The van der Waals surface area contributed by atoms with Crippen LogP contribution in [-0.4, -0.2) is 9.97 Å². The second-order valence-electron chi connectivity index (χ2n) is 1.92. The lowest BCUT2D eigenvalue weighted by atomic mass is 10.2. The minimum Gasteiger partial charge on any atom is -0.323 e. The summed E-state index contributed by atoms with van der Waals surface area (Å²) in [6, 6.07) is 1.82. The monoisotopic (exact) mass is 123 g/mol. The summed E-state index contributed by atoms with van der Waals surface area (Å²) in [6.45, 7) is 1.89. The minimum atomic E-state index is 0.00741. The lowest BCUT2D eigenvalue weighted by Gasteiger charge is -2.00. The summed E-state index contributed by atoms with van der Waals surface area (Å²) in [5.41, 5.74) is 6.40. The van der Waals surface area contributed by atoms with Crippen LogP contribution in [0.3, 0.4) is 0 Å². The topological polar surface area (TPSA) is 51.8 Å². The average molecular weight is 123 g/mol. The molecule has 0 fully saturated rings. The summed E-state index contributed by atoms with van der Waals surface area (Å²) in [5.74, 6) is 0. The van der Waals surface area contributed by atoms with Crippen LogP contribution in [-0.2, 0) is 0 Å². The molecule has 1 heterocycles. The molecule has 48 valence electrons. The molecule has 0 radical (unpaired) electrons. The van der Waals surface area contributed by atoms with Crippen molar-refractivity contribution in [3.63, 3.8) is 0 Å². The molecule has 0 saturated heterocycles. The van der Waals surface area contributed by atoms with Gasteiger partial charge in [-0.15, -0.1) is 0 Å². The molecular weight excluding hydrogens is 114 g/mol. The van der Waals surface area contributed by atoms with E-state index in [9.17, 15) is 0 Å². The van der Waals surface area contributed by atoms with Gasteiger partial charge in [-0.1, -0.05) is 0 Å².